The smallest absolute Gasteiger partial charge is 0.251 e. The highest BCUT2D eigenvalue weighted by atomic mass is 19.1. The fraction of sp³-hybridized carbons (Fsp3) is 0.400. The lowest BCUT2D eigenvalue weighted by molar-refractivity contribution is 0.0136. The molecule has 5 rings (SSSR count). The van der Waals surface area contributed by atoms with Gasteiger partial charge in [-0.2, -0.15) is 0 Å². The van der Waals surface area contributed by atoms with Crippen molar-refractivity contribution in [3.8, 4) is 0 Å². The van der Waals surface area contributed by atoms with E-state index in [2.05, 4.69) is 21.3 Å². The number of rotatable bonds is 4. The third-order valence-electron chi connectivity index (χ3n) is 5.52. The highest BCUT2D eigenvalue weighted by Crippen LogP contribution is 2.34. The largest absolute Gasteiger partial charge is 0.347 e. The number of aromatic nitrogens is 1. The topological polar surface area (TPSA) is 45.2 Å². The maximum absolute atomic E-state index is 13.4. The SMILES string of the molecule is O=C(N[C@@H]1C2CCN(CC2)[C@H]1Cc1cccnc1)c1cccc(F)c1. The number of piperidine rings is 3. The fourth-order valence-electron chi connectivity index (χ4n) is 4.25. The molecule has 1 aromatic carbocycles. The molecule has 2 aromatic rings. The first-order valence-corrected chi connectivity index (χ1v) is 8.90. The Morgan fingerprint density at radius 2 is 2.08 bits per heavy atom. The fourth-order valence-corrected chi connectivity index (χ4v) is 4.25. The van der Waals surface area contributed by atoms with E-state index in [4.69, 9.17) is 0 Å². The predicted octanol–water partition coefficient (Wildman–Crippen LogP) is 2.66. The second-order valence-corrected chi connectivity index (χ2v) is 7.02. The van der Waals surface area contributed by atoms with Gasteiger partial charge in [-0.1, -0.05) is 12.1 Å². The van der Waals surface area contributed by atoms with E-state index < -0.39 is 0 Å². The summed E-state index contributed by atoms with van der Waals surface area (Å²) < 4.78 is 13.4. The van der Waals surface area contributed by atoms with Crippen LogP contribution >= 0.6 is 0 Å². The van der Waals surface area contributed by atoms with E-state index in [0.29, 0.717) is 11.5 Å². The van der Waals surface area contributed by atoms with Crippen LogP contribution in [-0.2, 0) is 6.42 Å². The lowest BCUT2D eigenvalue weighted by Crippen LogP contribution is -2.64. The molecule has 0 aliphatic carbocycles. The van der Waals surface area contributed by atoms with Crippen molar-refractivity contribution in [2.75, 3.05) is 13.1 Å². The number of amides is 1. The summed E-state index contributed by atoms with van der Waals surface area (Å²) in [5, 5.41) is 3.20. The van der Waals surface area contributed by atoms with Crippen molar-refractivity contribution in [2.24, 2.45) is 5.92 Å². The van der Waals surface area contributed by atoms with Crippen LogP contribution in [0.3, 0.4) is 0 Å². The van der Waals surface area contributed by atoms with Gasteiger partial charge < -0.3 is 5.32 Å². The maximum Gasteiger partial charge on any atom is 0.251 e. The molecule has 130 valence electrons. The number of fused-ring (bicyclic) bond motifs is 3. The Hall–Kier alpha value is -2.27. The zero-order chi connectivity index (χ0) is 17.2. The van der Waals surface area contributed by atoms with Gasteiger partial charge in [-0.3, -0.25) is 14.7 Å². The minimum atomic E-state index is -0.381. The quantitative estimate of drug-likeness (QED) is 0.931. The summed E-state index contributed by atoms with van der Waals surface area (Å²) in [6, 6.07) is 10.3. The van der Waals surface area contributed by atoms with Gasteiger partial charge in [0.2, 0.25) is 0 Å². The van der Waals surface area contributed by atoms with Gasteiger partial charge in [0, 0.05) is 30.0 Å². The zero-order valence-electron chi connectivity index (χ0n) is 14.1. The van der Waals surface area contributed by atoms with Gasteiger partial charge in [-0.05, 0) is 68.1 Å². The molecule has 2 bridgehead atoms. The first-order valence-electron chi connectivity index (χ1n) is 8.90. The molecule has 1 amide bonds. The van der Waals surface area contributed by atoms with Crippen molar-refractivity contribution in [3.05, 3.63) is 65.7 Å². The summed E-state index contributed by atoms with van der Waals surface area (Å²) in [5.74, 6) is -0.0768. The van der Waals surface area contributed by atoms with Crippen LogP contribution in [0.1, 0.15) is 28.8 Å². The predicted molar refractivity (Wildman–Crippen MR) is 93.7 cm³/mol. The average molecular weight is 339 g/mol. The second kappa shape index (κ2) is 6.92. The molecule has 4 heterocycles. The first kappa shape index (κ1) is 16.2. The molecule has 3 aliphatic heterocycles. The molecule has 0 saturated carbocycles. The van der Waals surface area contributed by atoms with Crippen LogP contribution in [0.5, 0.6) is 0 Å². The molecular formula is C20H22FN3O. The number of hydrogen-bond donors (Lipinski definition) is 1. The Balaban J connectivity index is 1.54. The van der Waals surface area contributed by atoms with Crippen molar-refractivity contribution < 1.29 is 9.18 Å². The highest BCUT2D eigenvalue weighted by Gasteiger charge is 2.42. The summed E-state index contributed by atoms with van der Waals surface area (Å²) >= 11 is 0. The molecule has 1 aromatic heterocycles. The minimum absolute atomic E-state index is 0.0958. The van der Waals surface area contributed by atoms with Crippen molar-refractivity contribution in [1.29, 1.82) is 0 Å². The van der Waals surface area contributed by atoms with Crippen molar-refractivity contribution in [1.82, 2.24) is 15.2 Å². The van der Waals surface area contributed by atoms with Crippen molar-refractivity contribution in [3.63, 3.8) is 0 Å². The van der Waals surface area contributed by atoms with Crippen LogP contribution in [0.15, 0.2) is 48.8 Å². The Kier molecular flexibility index (Phi) is 4.49. The summed E-state index contributed by atoms with van der Waals surface area (Å²) in [4.78, 5) is 19.3. The van der Waals surface area contributed by atoms with Gasteiger partial charge in [0.25, 0.3) is 5.91 Å². The minimum Gasteiger partial charge on any atom is -0.347 e. The third kappa shape index (κ3) is 3.42. The molecule has 0 radical (unpaired) electrons. The molecule has 3 aliphatic rings. The molecule has 2 atom stereocenters. The van der Waals surface area contributed by atoms with Gasteiger partial charge >= 0.3 is 0 Å². The Bertz CT molecular complexity index is 744. The number of nitrogens with zero attached hydrogens (tertiary/aromatic N) is 2. The molecule has 1 N–H and O–H groups in total. The van der Waals surface area contributed by atoms with E-state index in [1.165, 1.54) is 17.7 Å². The number of carbonyl (C=O) groups excluding carboxylic acids is 1. The lowest BCUT2D eigenvalue weighted by atomic mass is 9.76. The average Bonchev–Trinajstić information content (AvgIpc) is 2.65. The second-order valence-electron chi connectivity index (χ2n) is 7.02. The van der Waals surface area contributed by atoms with Gasteiger partial charge in [0.05, 0.1) is 0 Å². The maximum atomic E-state index is 13.4. The number of carbonyl (C=O) groups is 1. The molecule has 5 heteroatoms. The Labute approximate surface area is 147 Å². The first-order chi connectivity index (χ1) is 12.2. The molecule has 3 fully saturated rings. The van der Waals surface area contributed by atoms with Crippen molar-refractivity contribution in [2.45, 2.75) is 31.3 Å². The van der Waals surface area contributed by atoms with Gasteiger partial charge in [0.15, 0.2) is 0 Å². The van der Waals surface area contributed by atoms with Crippen LogP contribution in [-0.4, -0.2) is 41.0 Å². The molecule has 4 nitrogen and oxygen atoms in total. The van der Waals surface area contributed by atoms with Gasteiger partial charge in [0.1, 0.15) is 5.82 Å². The molecule has 0 unspecified atom stereocenters. The number of hydrogen-bond acceptors (Lipinski definition) is 3. The number of nitrogens with one attached hydrogen (secondary N) is 1. The van der Waals surface area contributed by atoms with Crippen LogP contribution < -0.4 is 5.32 Å². The van der Waals surface area contributed by atoms with Crippen LogP contribution in [0.4, 0.5) is 4.39 Å². The lowest BCUT2D eigenvalue weighted by Gasteiger charge is -2.51. The van der Waals surface area contributed by atoms with Gasteiger partial charge in [-0.25, -0.2) is 4.39 Å². The molecule has 0 spiro atoms. The summed E-state index contributed by atoms with van der Waals surface area (Å²) in [5.41, 5.74) is 1.57. The number of halogens is 1. The molecular weight excluding hydrogens is 317 g/mol. The highest BCUT2D eigenvalue weighted by molar-refractivity contribution is 5.94. The van der Waals surface area contributed by atoms with Crippen LogP contribution in [0.2, 0.25) is 0 Å². The van der Waals surface area contributed by atoms with E-state index in [-0.39, 0.29) is 23.8 Å². The van der Waals surface area contributed by atoms with Crippen LogP contribution in [0, 0.1) is 11.7 Å². The number of pyridine rings is 1. The summed E-state index contributed by atoms with van der Waals surface area (Å²) in [6.07, 6.45) is 6.77. The van der Waals surface area contributed by atoms with Crippen molar-refractivity contribution >= 4 is 5.91 Å². The monoisotopic (exact) mass is 339 g/mol. The molecule has 3 saturated heterocycles. The van der Waals surface area contributed by atoms with E-state index in [0.717, 1.165) is 32.4 Å². The summed E-state index contributed by atoms with van der Waals surface area (Å²) in [7, 11) is 0. The summed E-state index contributed by atoms with van der Waals surface area (Å²) in [6.45, 7) is 2.17. The van der Waals surface area contributed by atoms with E-state index in [9.17, 15) is 9.18 Å². The van der Waals surface area contributed by atoms with E-state index in [1.54, 1.807) is 18.3 Å². The van der Waals surface area contributed by atoms with Crippen LogP contribution in [0.25, 0.3) is 0 Å². The van der Waals surface area contributed by atoms with E-state index >= 15 is 0 Å². The standard InChI is InChI=1S/C20H22FN3O/c21-17-5-1-4-16(12-17)20(25)23-19-15-6-9-24(10-7-15)18(19)11-14-3-2-8-22-13-14/h1-5,8,12-13,15,18-19H,6-7,9-11H2,(H,23,25)/t18-,19+/m0/s1. The van der Waals surface area contributed by atoms with Gasteiger partial charge in [-0.15, -0.1) is 0 Å². The van der Waals surface area contributed by atoms with E-state index in [1.807, 2.05) is 12.3 Å². The normalized spacial score (nSPS) is 27.9. The Morgan fingerprint density at radius 3 is 2.80 bits per heavy atom. The third-order valence-corrected chi connectivity index (χ3v) is 5.52. The Morgan fingerprint density at radius 1 is 1.24 bits per heavy atom. The molecule has 25 heavy (non-hydrogen) atoms. The number of benzene rings is 1. The zero-order valence-corrected chi connectivity index (χ0v) is 14.1.